The molecule has 1 heterocycles. The maximum Gasteiger partial charge on any atom is 0.238 e. The van der Waals surface area contributed by atoms with Gasteiger partial charge in [0, 0.05) is 43.1 Å². The summed E-state index contributed by atoms with van der Waals surface area (Å²) in [6.07, 6.45) is 6.78. The third-order valence-corrected chi connectivity index (χ3v) is 11.0. The van der Waals surface area contributed by atoms with Gasteiger partial charge in [-0.3, -0.25) is 15.0 Å². The van der Waals surface area contributed by atoms with Gasteiger partial charge < -0.3 is 45.8 Å². The Morgan fingerprint density at radius 3 is 1.85 bits per heavy atom. The van der Waals surface area contributed by atoms with E-state index in [2.05, 4.69) is 99.7 Å². The SMILES string of the molecule is CCN(CC)CCCNc1nc(NCCCN(CC)CC)nc(Nc2ccc(NNc3cc(OC)c(N=NC4=C/C(=N/N=C5\C=C(S(N)(=O)=O)C=CC5=O)C(O)=CC4=O)cc3OC)cc2)n1. The fourth-order valence-electron chi connectivity index (χ4n) is 6.31. The van der Waals surface area contributed by atoms with Crippen LogP contribution in [0.1, 0.15) is 40.5 Å². The van der Waals surface area contributed by atoms with Crippen LogP contribution < -0.4 is 41.4 Å². The molecule has 0 aliphatic heterocycles. The van der Waals surface area contributed by atoms with Crippen molar-refractivity contribution in [1.29, 1.82) is 0 Å². The number of sulfonamides is 1. The van der Waals surface area contributed by atoms with Gasteiger partial charge in [-0.15, -0.1) is 20.4 Å². The number of allylic oxidation sites excluding steroid dienone is 5. The molecule has 352 valence electrons. The maximum atomic E-state index is 12.7. The molecule has 5 rings (SSSR count). The molecule has 22 nitrogen and oxygen atoms in total. The number of azo groups is 1. The standard InChI is InChI=1S/C43H57N15O7S/c1-7-57(8-2)21-11-19-45-41-48-42(46-20-12-22-58(9-3)10-4)50-43(49-41)47-28-13-15-29(16-14-28)51-55-34-25-40(65-6)35(26-39(34)64-5)56-54-33-24-32(37(60)27-38(33)61)53-52-31-23-30(66(44,62)63)17-18-36(31)59/h13-18,23-27,51,55,60H,7-12,19-22H2,1-6H3,(H2,44,62,63)(H3,45,46,47,48,49,50)/b52-31+,53-32-,56-54?. The molecule has 0 amide bonds. The Morgan fingerprint density at radius 1 is 0.697 bits per heavy atom. The first-order chi connectivity index (χ1) is 31.8. The first-order valence-electron chi connectivity index (χ1n) is 21.3. The van der Waals surface area contributed by atoms with Crippen LogP contribution in [0.5, 0.6) is 11.5 Å². The number of aliphatic hydroxyl groups excluding tert-OH is 1. The van der Waals surface area contributed by atoms with Crippen LogP contribution in [0.15, 0.2) is 104 Å². The van der Waals surface area contributed by atoms with Crippen molar-refractivity contribution in [3.8, 4) is 11.5 Å². The van der Waals surface area contributed by atoms with Gasteiger partial charge in [0.05, 0.1) is 30.5 Å². The molecule has 0 unspecified atom stereocenters. The van der Waals surface area contributed by atoms with Crippen LogP contribution in [-0.4, -0.2) is 128 Å². The summed E-state index contributed by atoms with van der Waals surface area (Å²) in [5.41, 5.74) is 7.54. The molecule has 0 radical (unpaired) electrons. The van der Waals surface area contributed by atoms with Crippen LogP contribution in [0.2, 0.25) is 0 Å². The van der Waals surface area contributed by atoms with Gasteiger partial charge in [0.15, 0.2) is 0 Å². The zero-order chi connectivity index (χ0) is 47.6. The predicted octanol–water partition coefficient (Wildman–Crippen LogP) is 5.46. The number of nitrogens with one attached hydrogen (secondary N) is 5. The monoisotopic (exact) mass is 927 g/mol. The van der Waals surface area contributed by atoms with Gasteiger partial charge in [-0.2, -0.15) is 15.0 Å². The summed E-state index contributed by atoms with van der Waals surface area (Å²) in [5.74, 6) is 0.0524. The quantitative estimate of drug-likeness (QED) is 0.0183. The number of ether oxygens (including phenoxy) is 2. The number of ketones is 2. The number of benzene rings is 2. The van der Waals surface area contributed by atoms with E-state index in [9.17, 15) is 23.1 Å². The number of methoxy groups -OCH3 is 2. The number of primary sulfonamides is 1. The summed E-state index contributed by atoms with van der Waals surface area (Å²) in [6, 6.07) is 10.6. The van der Waals surface area contributed by atoms with Gasteiger partial charge in [-0.1, -0.05) is 27.7 Å². The summed E-state index contributed by atoms with van der Waals surface area (Å²) in [7, 11) is -1.23. The van der Waals surface area contributed by atoms with E-state index in [1.165, 1.54) is 20.3 Å². The highest BCUT2D eigenvalue weighted by molar-refractivity contribution is 7.93. The fourth-order valence-corrected chi connectivity index (χ4v) is 6.84. The number of carbonyl (C=O) groups is 2. The first kappa shape index (κ1) is 49.9. The van der Waals surface area contributed by atoms with Crippen molar-refractivity contribution in [2.45, 2.75) is 40.5 Å². The van der Waals surface area contributed by atoms with E-state index in [0.717, 1.165) is 101 Å². The number of carbonyl (C=O) groups excluding carboxylic acids is 2. The molecule has 0 saturated heterocycles. The minimum Gasteiger partial charge on any atom is -0.505 e. The topological polar surface area (TPSA) is 288 Å². The minimum atomic E-state index is -4.13. The van der Waals surface area contributed by atoms with Crippen molar-refractivity contribution in [2.24, 2.45) is 25.6 Å². The van der Waals surface area contributed by atoms with Crippen molar-refractivity contribution in [1.82, 2.24) is 24.8 Å². The van der Waals surface area contributed by atoms with Crippen molar-refractivity contribution < 1.29 is 32.6 Å². The van der Waals surface area contributed by atoms with Crippen LogP contribution >= 0.6 is 0 Å². The lowest BCUT2D eigenvalue weighted by molar-refractivity contribution is -0.111. The number of hydrazine groups is 1. The van der Waals surface area contributed by atoms with E-state index >= 15 is 0 Å². The zero-order valence-electron chi connectivity index (χ0n) is 37.8. The highest BCUT2D eigenvalue weighted by Crippen LogP contribution is 2.39. The van der Waals surface area contributed by atoms with E-state index in [1.807, 2.05) is 24.3 Å². The van der Waals surface area contributed by atoms with Gasteiger partial charge >= 0.3 is 0 Å². The normalized spacial score (nSPS) is 15.3. The van der Waals surface area contributed by atoms with Gasteiger partial charge in [-0.25, -0.2) is 13.6 Å². The molecule has 0 atom stereocenters. The van der Waals surface area contributed by atoms with E-state index < -0.39 is 27.3 Å². The van der Waals surface area contributed by atoms with Gasteiger partial charge in [0.2, 0.25) is 39.4 Å². The Morgan fingerprint density at radius 2 is 1.27 bits per heavy atom. The lowest BCUT2D eigenvalue weighted by Gasteiger charge is -2.18. The summed E-state index contributed by atoms with van der Waals surface area (Å²) in [4.78, 5) is 43.3. The molecule has 1 aromatic heterocycles. The number of hydrogen-bond donors (Lipinski definition) is 7. The van der Waals surface area contributed by atoms with E-state index in [4.69, 9.17) is 14.6 Å². The molecule has 8 N–H and O–H groups in total. The molecule has 0 saturated carbocycles. The second-order valence-corrected chi connectivity index (χ2v) is 16.0. The first-order valence-corrected chi connectivity index (χ1v) is 22.9. The fraction of sp³-hybridized carbons (Fsp3) is 0.372. The van der Waals surface area contributed by atoms with Crippen LogP contribution in [0.4, 0.5) is 40.6 Å². The average Bonchev–Trinajstić information content (AvgIpc) is 3.30. The van der Waals surface area contributed by atoms with Gasteiger partial charge in [0.25, 0.3) is 0 Å². The molecule has 66 heavy (non-hydrogen) atoms. The molecule has 3 aromatic rings. The zero-order valence-corrected chi connectivity index (χ0v) is 38.6. The number of rotatable bonds is 25. The molecule has 0 bridgehead atoms. The second kappa shape index (κ2) is 24.3. The van der Waals surface area contributed by atoms with E-state index in [0.29, 0.717) is 35.0 Å². The third-order valence-electron chi connectivity index (χ3n) is 10.1. The third kappa shape index (κ3) is 14.5. The Bertz CT molecular complexity index is 2490. The molecule has 2 aliphatic rings. The molecule has 2 aliphatic carbocycles. The lowest BCUT2D eigenvalue weighted by atomic mass is 10.1. The number of aromatic nitrogens is 3. The van der Waals surface area contributed by atoms with Crippen LogP contribution in [-0.2, 0) is 19.6 Å². The maximum absolute atomic E-state index is 12.7. The van der Waals surface area contributed by atoms with Crippen LogP contribution in [0, 0.1) is 0 Å². The number of anilines is 6. The van der Waals surface area contributed by atoms with Gasteiger partial charge in [0.1, 0.15) is 40.1 Å². The summed E-state index contributed by atoms with van der Waals surface area (Å²) >= 11 is 0. The summed E-state index contributed by atoms with van der Waals surface area (Å²) in [6.45, 7) is 16.0. The van der Waals surface area contributed by atoms with Gasteiger partial charge in [-0.05, 0) is 94.6 Å². The molecular formula is C43H57N15O7S. The molecular weight excluding hydrogens is 871 g/mol. The second-order valence-electron chi connectivity index (χ2n) is 14.5. The van der Waals surface area contributed by atoms with Crippen molar-refractivity contribution >= 4 is 73.6 Å². The lowest BCUT2D eigenvalue weighted by Crippen LogP contribution is -2.26. The smallest absolute Gasteiger partial charge is 0.238 e. The Labute approximate surface area is 384 Å². The molecule has 2 aromatic carbocycles. The van der Waals surface area contributed by atoms with Crippen LogP contribution in [0.25, 0.3) is 0 Å². The van der Waals surface area contributed by atoms with E-state index in [-0.39, 0.29) is 33.5 Å². The number of nitrogens with two attached hydrogens (primary N) is 1. The van der Waals surface area contributed by atoms with Crippen molar-refractivity contribution in [3.05, 3.63) is 83.1 Å². The Balaban J connectivity index is 1.26. The summed E-state index contributed by atoms with van der Waals surface area (Å²) < 4.78 is 34.6. The largest absolute Gasteiger partial charge is 0.505 e. The van der Waals surface area contributed by atoms with Crippen LogP contribution in [0.3, 0.4) is 0 Å². The Kier molecular flexibility index (Phi) is 18.4. The number of nitrogens with zero attached hydrogens (tertiary/aromatic N) is 9. The highest BCUT2D eigenvalue weighted by Gasteiger charge is 2.22. The van der Waals surface area contributed by atoms with E-state index in [1.54, 1.807) is 6.07 Å². The number of hydrogen-bond acceptors (Lipinski definition) is 21. The number of aliphatic hydroxyl groups is 1. The van der Waals surface area contributed by atoms with Crippen molar-refractivity contribution in [2.75, 3.05) is 93.4 Å². The highest BCUT2D eigenvalue weighted by atomic mass is 32.2. The molecule has 0 fully saturated rings. The van der Waals surface area contributed by atoms with Crippen molar-refractivity contribution in [3.63, 3.8) is 0 Å². The summed E-state index contributed by atoms with van der Waals surface area (Å²) in [5, 5.41) is 41.3. The average molecular weight is 928 g/mol. The predicted molar refractivity (Wildman–Crippen MR) is 257 cm³/mol. The molecule has 0 spiro atoms. The minimum absolute atomic E-state index is 0.191. The Hall–Kier alpha value is -7.08. The molecule has 23 heteroatoms.